The minimum Gasteiger partial charge on any atom is -0.496 e. The van der Waals surface area contributed by atoms with E-state index in [0.717, 1.165) is 21.3 Å². The lowest BCUT2D eigenvalue weighted by Crippen LogP contribution is -2.36. The highest BCUT2D eigenvalue weighted by Gasteiger charge is 2.42. The number of hydrogen-bond donors (Lipinski definition) is 1. The first-order valence-corrected chi connectivity index (χ1v) is 12.6. The first-order valence-electron chi connectivity index (χ1n) is 11.8. The highest BCUT2D eigenvalue weighted by atomic mass is 79.9. The van der Waals surface area contributed by atoms with Crippen molar-refractivity contribution >= 4 is 27.7 Å². The summed E-state index contributed by atoms with van der Waals surface area (Å²) in [5.41, 5.74) is 4.20. The molecule has 0 fully saturated rings. The minimum absolute atomic E-state index is 0.0233. The Morgan fingerprint density at radius 1 is 1.00 bits per heavy atom. The minimum atomic E-state index is -0.605. The van der Waals surface area contributed by atoms with Gasteiger partial charge in [-0.15, -0.1) is 0 Å². The Morgan fingerprint density at radius 3 is 2.36 bits per heavy atom. The van der Waals surface area contributed by atoms with Crippen molar-refractivity contribution in [2.75, 3.05) is 27.9 Å². The van der Waals surface area contributed by atoms with Crippen molar-refractivity contribution in [3.8, 4) is 17.2 Å². The van der Waals surface area contributed by atoms with E-state index < -0.39 is 11.9 Å². The number of esters is 1. The molecule has 0 bridgehead atoms. The standard InChI is InChI=1S/C28H30BrNO6/c1-6-36-28(32)25-15(2)30-20-11-17(16-7-9-23(34-4)24(13-16)35-5)12-21(31)27(20)26(25)19-14-18(29)8-10-22(19)33-3/h7-10,13-14,17,26,30H,6,11-12H2,1-5H3. The smallest absolute Gasteiger partial charge is 0.336 e. The summed E-state index contributed by atoms with van der Waals surface area (Å²) in [4.78, 5) is 27.0. The molecule has 0 spiro atoms. The predicted molar refractivity (Wildman–Crippen MR) is 139 cm³/mol. The van der Waals surface area contributed by atoms with E-state index in [-0.39, 0.29) is 18.3 Å². The fourth-order valence-corrected chi connectivity index (χ4v) is 5.48. The van der Waals surface area contributed by atoms with Crippen molar-refractivity contribution in [1.29, 1.82) is 0 Å². The number of benzene rings is 2. The van der Waals surface area contributed by atoms with Crippen molar-refractivity contribution < 1.29 is 28.5 Å². The molecule has 2 unspecified atom stereocenters. The zero-order chi connectivity index (χ0) is 26.0. The summed E-state index contributed by atoms with van der Waals surface area (Å²) in [7, 11) is 4.77. The highest BCUT2D eigenvalue weighted by Crippen LogP contribution is 2.48. The molecule has 1 aliphatic carbocycles. The fraction of sp³-hybridized carbons (Fsp3) is 0.357. The van der Waals surface area contributed by atoms with Crippen molar-refractivity contribution in [2.24, 2.45) is 0 Å². The van der Waals surface area contributed by atoms with Gasteiger partial charge in [-0.25, -0.2) is 4.79 Å². The van der Waals surface area contributed by atoms with E-state index in [4.69, 9.17) is 18.9 Å². The molecule has 0 saturated heterocycles. The normalized spacial score (nSPS) is 19.4. The summed E-state index contributed by atoms with van der Waals surface area (Å²) in [5.74, 6) is 0.731. The van der Waals surface area contributed by atoms with Gasteiger partial charge in [-0.05, 0) is 62.1 Å². The van der Waals surface area contributed by atoms with Crippen LogP contribution >= 0.6 is 15.9 Å². The van der Waals surface area contributed by atoms with Crippen LogP contribution in [0.5, 0.6) is 17.2 Å². The lowest BCUT2D eigenvalue weighted by atomic mass is 9.71. The van der Waals surface area contributed by atoms with E-state index in [1.165, 1.54) is 0 Å². The molecule has 1 N–H and O–H groups in total. The Kier molecular flexibility index (Phi) is 7.73. The third-order valence-corrected chi connectivity index (χ3v) is 7.20. The van der Waals surface area contributed by atoms with Gasteiger partial charge in [0, 0.05) is 33.4 Å². The van der Waals surface area contributed by atoms with Crippen molar-refractivity contribution in [3.63, 3.8) is 0 Å². The molecule has 7 nitrogen and oxygen atoms in total. The van der Waals surface area contributed by atoms with Gasteiger partial charge in [0.15, 0.2) is 17.3 Å². The Bertz CT molecular complexity index is 1260. The van der Waals surface area contributed by atoms with Crippen LogP contribution in [0.3, 0.4) is 0 Å². The van der Waals surface area contributed by atoms with E-state index in [1.54, 1.807) is 28.3 Å². The molecule has 2 aliphatic rings. The SMILES string of the molecule is CCOC(=O)C1=C(C)NC2=C(C(=O)CC(c3ccc(OC)c(OC)c3)C2)C1c1cc(Br)ccc1OC. The molecule has 0 amide bonds. The summed E-state index contributed by atoms with van der Waals surface area (Å²) in [6.07, 6.45) is 0.911. The van der Waals surface area contributed by atoms with Gasteiger partial charge in [0.05, 0.1) is 39.4 Å². The number of ketones is 1. The second kappa shape index (κ2) is 10.8. The fourth-order valence-electron chi connectivity index (χ4n) is 5.10. The van der Waals surface area contributed by atoms with Gasteiger partial charge in [0.25, 0.3) is 0 Å². The van der Waals surface area contributed by atoms with Gasteiger partial charge < -0.3 is 24.3 Å². The summed E-state index contributed by atoms with van der Waals surface area (Å²) in [6, 6.07) is 11.4. The van der Waals surface area contributed by atoms with Crippen LogP contribution in [0.25, 0.3) is 0 Å². The Balaban J connectivity index is 1.83. The first kappa shape index (κ1) is 25.8. The highest BCUT2D eigenvalue weighted by molar-refractivity contribution is 9.10. The molecule has 1 aliphatic heterocycles. The molecule has 4 rings (SSSR count). The van der Waals surface area contributed by atoms with E-state index in [2.05, 4.69) is 21.2 Å². The van der Waals surface area contributed by atoms with Crippen LogP contribution < -0.4 is 19.5 Å². The number of allylic oxidation sites excluding steroid dienone is 3. The summed E-state index contributed by atoms with van der Waals surface area (Å²) >= 11 is 3.54. The largest absolute Gasteiger partial charge is 0.496 e. The Morgan fingerprint density at radius 2 is 1.69 bits per heavy atom. The summed E-state index contributed by atoms with van der Waals surface area (Å²) < 4.78 is 22.7. The van der Waals surface area contributed by atoms with Gasteiger partial charge in [-0.1, -0.05) is 22.0 Å². The van der Waals surface area contributed by atoms with Gasteiger partial charge in [0.1, 0.15) is 5.75 Å². The number of halogens is 1. The van der Waals surface area contributed by atoms with Crippen LogP contribution in [0.2, 0.25) is 0 Å². The molecule has 1 heterocycles. The molecule has 190 valence electrons. The van der Waals surface area contributed by atoms with Gasteiger partial charge in [-0.2, -0.15) is 0 Å². The van der Waals surface area contributed by atoms with Gasteiger partial charge in [0.2, 0.25) is 0 Å². The molecule has 0 saturated carbocycles. The van der Waals surface area contributed by atoms with Gasteiger partial charge >= 0.3 is 5.97 Å². The van der Waals surface area contributed by atoms with Crippen LogP contribution in [-0.4, -0.2) is 39.7 Å². The maximum absolute atomic E-state index is 13.8. The number of ether oxygens (including phenoxy) is 4. The van der Waals surface area contributed by atoms with E-state index in [1.807, 2.05) is 43.3 Å². The molecule has 2 atom stereocenters. The number of hydrogen-bond acceptors (Lipinski definition) is 7. The Hall–Kier alpha value is -3.26. The molecule has 2 aromatic carbocycles. The number of Topliss-reactive ketones (excluding diaryl/α,β-unsaturated/α-hetero) is 1. The zero-order valence-electron chi connectivity index (χ0n) is 21.1. The molecule has 0 radical (unpaired) electrons. The average molecular weight is 556 g/mol. The first-order chi connectivity index (χ1) is 17.3. The maximum atomic E-state index is 13.8. The van der Waals surface area contributed by atoms with Crippen LogP contribution in [0.15, 0.2) is 63.4 Å². The lowest BCUT2D eigenvalue weighted by Gasteiger charge is -2.37. The molecular formula is C28H30BrNO6. The number of rotatable bonds is 7. The number of dihydropyridines is 1. The maximum Gasteiger partial charge on any atom is 0.336 e. The van der Waals surface area contributed by atoms with E-state index >= 15 is 0 Å². The number of carbonyl (C=O) groups is 2. The third-order valence-electron chi connectivity index (χ3n) is 6.70. The Labute approximate surface area is 219 Å². The monoisotopic (exact) mass is 555 g/mol. The second-order valence-electron chi connectivity index (χ2n) is 8.74. The third kappa shape index (κ3) is 4.74. The molecule has 0 aromatic heterocycles. The summed E-state index contributed by atoms with van der Waals surface area (Å²) in [6.45, 7) is 3.85. The molecule has 36 heavy (non-hydrogen) atoms. The molecule has 8 heteroatoms. The number of carbonyl (C=O) groups excluding carboxylic acids is 2. The van der Waals surface area contributed by atoms with Crippen molar-refractivity contribution in [2.45, 2.75) is 38.5 Å². The average Bonchev–Trinajstić information content (AvgIpc) is 2.87. The van der Waals surface area contributed by atoms with Crippen LogP contribution in [0.4, 0.5) is 0 Å². The lowest BCUT2D eigenvalue weighted by molar-refractivity contribution is -0.138. The van der Waals surface area contributed by atoms with Crippen LogP contribution in [-0.2, 0) is 14.3 Å². The second-order valence-corrected chi connectivity index (χ2v) is 9.65. The molecular weight excluding hydrogens is 526 g/mol. The topological polar surface area (TPSA) is 83.1 Å². The van der Waals surface area contributed by atoms with Gasteiger partial charge in [-0.3, -0.25) is 4.79 Å². The van der Waals surface area contributed by atoms with Crippen LogP contribution in [0.1, 0.15) is 49.7 Å². The summed E-state index contributed by atoms with van der Waals surface area (Å²) in [5, 5.41) is 3.37. The van der Waals surface area contributed by atoms with E-state index in [0.29, 0.717) is 46.9 Å². The zero-order valence-corrected chi connectivity index (χ0v) is 22.7. The molecule has 2 aromatic rings. The van der Waals surface area contributed by atoms with Crippen molar-refractivity contribution in [1.82, 2.24) is 5.32 Å². The number of methoxy groups -OCH3 is 3. The van der Waals surface area contributed by atoms with Crippen LogP contribution in [0, 0.1) is 0 Å². The van der Waals surface area contributed by atoms with E-state index in [9.17, 15) is 9.59 Å². The predicted octanol–water partition coefficient (Wildman–Crippen LogP) is 5.40. The van der Waals surface area contributed by atoms with Crippen molar-refractivity contribution in [3.05, 3.63) is 74.5 Å². The quantitative estimate of drug-likeness (QED) is 0.458. The number of nitrogens with one attached hydrogen (secondary N) is 1.